The first kappa shape index (κ1) is 30.7. The van der Waals surface area contributed by atoms with Gasteiger partial charge in [-0.3, -0.25) is 0 Å². The Bertz CT molecular complexity index is 3560. The van der Waals surface area contributed by atoms with Crippen LogP contribution in [0.15, 0.2) is 218 Å². The number of hydrogen-bond donors (Lipinski definition) is 0. The quantitative estimate of drug-likeness (QED) is 0.153. The van der Waals surface area contributed by atoms with Crippen LogP contribution in [-0.4, -0.2) is 29.5 Å². The number of aromatic nitrogens is 6. The van der Waals surface area contributed by atoms with E-state index in [1.807, 2.05) is 133 Å². The van der Waals surface area contributed by atoms with Crippen molar-refractivity contribution >= 4 is 21.8 Å². The van der Waals surface area contributed by atoms with Crippen molar-refractivity contribution in [2.24, 2.45) is 0 Å². The summed E-state index contributed by atoms with van der Waals surface area (Å²) in [7, 11) is 0. The van der Waals surface area contributed by atoms with Crippen molar-refractivity contribution in [2.45, 2.75) is 0 Å². The second kappa shape index (κ2) is 15.4. The molecule has 11 aromatic rings. The summed E-state index contributed by atoms with van der Waals surface area (Å²) in [4.78, 5) is 25.6. The van der Waals surface area contributed by atoms with Crippen molar-refractivity contribution < 1.29 is 6.85 Å². The van der Waals surface area contributed by atoms with Crippen LogP contribution in [0.5, 0.6) is 0 Å². The summed E-state index contributed by atoms with van der Waals surface area (Å²) in [6, 6.07) is 60.0. The summed E-state index contributed by atoms with van der Waals surface area (Å²) in [6.07, 6.45) is 0. The fraction of sp³-hybridized carbons (Fsp3) is 0. The monoisotopic (exact) mass is 785 g/mol. The van der Waals surface area contributed by atoms with Gasteiger partial charge in [-0.1, -0.05) is 182 Å². The molecule has 0 atom stereocenters. The molecule has 0 aliphatic rings. The van der Waals surface area contributed by atoms with Gasteiger partial charge in [0.1, 0.15) is 0 Å². The predicted octanol–water partition coefficient (Wildman–Crippen LogP) is 13.4. The summed E-state index contributed by atoms with van der Waals surface area (Å²) in [5, 5.41) is 2.16. The summed E-state index contributed by atoms with van der Waals surface area (Å²) < 4.78 is 45.3. The molecular formula is C55H36N6. The first-order chi connectivity index (χ1) is 32.3. The van der Waals surface area contributed by atoms with Gasteiger partial charge in [-0.2, -0.15) is 0 Å². The normalized spacial score (nSPS) is 12.4. The maximum Gasteiger partial charge on any atom is 0.166 e. The second-order valence-corrected chi connectivity index (χ2v) is 14.5. The Balaban J connectivity index is 1.22. The second-order valence-electron chi connectivity index (χ2n) is 14.5. The largest absolute Gasteiger partial charge is 0.308 e. The molecular weight excluding hydrogens is 745 g/mol. The molecule has 6 heteroatoms. The van der Waals surface area contributed by atoms with Gasteiger partial charge in [0.2, 0.25) is 0 Å². The van der Waals surface area contributed by atoms with Gasteiger partial charge in [0.25, 0.3) is 0 Å². The molecule has 286 valence electrons. The molecule has 11 rings (SSSR count). The number of benzene rings is 8. The highest BCUT2D eigenvalue weighted by Gasteiger charge is 2.22. The molecule has 8 aromatic carbocycles. The average Bonchev–Trinajstić information content (AvgIpc) is 3.71. The fourth-order valence-corrected chi connectivity index (χ4v) is 7.86. The molecule has 3 aromatic heterocycles. The summed E-state index contributed by atoms with van der Waals surface area (Å²) in [6.45, 7) is 0. The third-order valence-electron chi connectivity index (χ3n) is 10.8. The molecule has 0 aliphatic heterocycles. The molecule has 61 heavy (non-hydrogen) atoms. The Kier molecular flexibility index (Phi) is 7.77. The minimum Gasteiger partial charge on any atom is -0.308 e. The van der Waals surface area contributed by atoms with Crippen LogP contribution in [0.4, 0.5) is 0 Å². The maximum absolute atomic E-state index is 8.90. The van der Waals surface area contributed by atoms with Crippen molar-refractivity contribution in [1.82, 2.24) is 29.5 Å². The third-order valence-corrected chi connectivity index (χ3v) is 10.8. The summed E-state index contributed by atoms with van der Waals surface area (Å²) in [5.74, 6) is 1.68. The van der Waals surface area contributed by atoms with Gasteiger partial charge in [-0.25, -0.2) is 24.9 Å². The first-order valence-electron chi connectivity index (χ1n) is 22.4. The van der Waals surface area contributed by atoms with Crippen LogP contribution >= 0.6 is 0 Å². The number of fused-ring (bicyclic) bond motifs is 3. The lowest BCUT2D eigenvalue weighted by atomic mass is 10.0. The number of hydrogen-bond acceptors (Lipinski definition) is 5. The molecule has 0 saturated heterocycles. The van der Waals surface area contributed by atoms with Crippen LogP contribution in [0.2, 0.25) is 0 Å². The Morgan fingerprint density at radius 2 is 0.836 bits per heavy atom. The molecule has 0 fully saturated rings. The Hall–Kier alpha value is -8.35. The van der Waals surface area contributed by atoms with Gasteiger partial charge in [0.15, 0.2) is 23.3 Å². The van der Waals surface area contributed by atoms with Crippen LogP contribution in [0, 0.1) is 0 Å². The molecule has 0 aliphatic carbocycles. The van der Waals surface area contributed by atoms with Crippen molar-refractivity contribution in [3.63, 3.8) is 0 Å². The highest BCUT2D eigenvalue weighted by Crippen LogP contribution is 2.40. The molecule has 0 radical (unpaired) electrons. The Morgan fingerprint density at radius 1 is 0.328 bits per heavy atom. The predicted molar refractivity (Wildman–Crippen MR) is 248 cm³/mol. The van der Waals surface area contributed by atoms with E-state index in [-0.39, 0.29) is 29.2 Å². The van der Waals surface area contributed by atoms with E-state index in [4.69, 9.17) is 31.8 Å². The van der Waals surface area contributed by atoms with Gasteiger partial charge in [-0.15, -0.1) is 0 Å². The van der Waals surface area contributed by atoms with Gasteiger partial charge >= 0.3 is 0 Å². The van der Waals surface area contributed by atoms with Crippen LogP contribution < -0.4 is 0 Å². The lowest BCUT2D eigenvalue weighted by molar-refractivity contribution is 1.06. The molecule has 0 saturated carbocycles. The van der Waals surface area contributed by atoms with Gasteiger partial charge in [0, 0.05) is 44.2 Å². The Labute approximate surface area is 360 Å². The minimum absolute atomic E-state index is 0.0179. The fourth-order valence-electron chi connectivity index (χ4n) is 7.86. The van der Waals surface area contributed by atoms with Gasteiger partial charge in [0.05, 0.1) is 35.0 Å². The average molecular weight is 786 g/mol. The number of rotatable bonds is 8. The first-order valence-corrected chi connectivity index (χ1v) is 19.9. The molecule has 3 heterocycles. The third kappa shape index (κ3) is 6.82. The van der Waals surface area contributed by atoms with E-state index in [2.05, 4.69) is 53.1 Å². The molecule has 0 spiro atoms. The summed E-state index contributed by atoms with van der Waals surface area (Å²) in [5.41, 5.74) is 9.27. The number of nitrogens with zero attached hydrogens (tertiary/aromatic N) is 6. The molecule has 0 amide bonds. The topological polar surface area (TPSA) is 69.4 Å². The van der Waals surface area contributed by atoms with Crippen molar-refractivity contribution in [2.75, 3.05) is 0 Å². The van der Waals surface area contributed by atoms with Crippen LogP contribution in [0.3, 0.4) is 0 Å². The summed E-state index contributed by atoms with van der Waals surface area (Å²) >= 11 is 0. The molecule has 6 nitrogen and oxygen atoms in total. The van der Waals surface area contributed by atoms with Crippen LogP contribution in [0.1, 0.15) is 6.85 Å². The van der Waals surface area contributed by atoms with Crippen LogP contribution in [-0.2, 0) is 0 Å². The van der Waals surface area contributed by atoms with Crippen molar-refractivity contribution in [3.8, 4) is 84.9 Å². The Morgan fingerprint density at radius 3 is 1.49 bits per heavy atom. The zero-order valence-electron chi connectivity index (χ0n) is 37.6. The minimum atomic E-state index is -0.477. The maximum atomic E-state index is 8.90. The SMILES string of the molecule is [2H]c1c([2H])c([2H])c(-c2cc(-c3ccccc3)nc(-c3ccc(-n4c5ccccc5c5ccc(-c6ccccc6)cc54)c(-c4nc(-c5ccccc5)nc(-c5ccccc5)n4)c3)n2)c([2H])c1[2H]. The smallest absolute Gasteiger partial charge is 0.166 e. The van der Waals surface area contributed by atoms with E-state index in [1.165, 1.54) is 0 Å². The van der Waals surface area contributed by atoms with E-state index in [0.717, 1.165) is 55.3 Å². The van der Waals surface area contributed by atoms with Gasteiger partial charge in [-0.05, 0) is 47.5 Å². The number of para-hydroxylation sites is 1. The van der Waals surface area contributed by atoms with E-state index in [9.17, 15) is 0 Å². The van der Waals surface area contributed by atoms with Crippen molar-refractivity contribution in [1.29, 1.82) is 0 Å². The lowest BCUT2D eigenvalue weighted by Gasteiger charge is -2.17. The van der Waals surface area contributed by atoms with Crippen LogP contribution in [0.25, 0.3) is 107 Å². The van der Waals surface area contributed by atoms with E-state index in [1.54, 1.807) is 6.07 Å². The van der Waals surface area contributed by atoms with E-state index < -0.39 is 18.1 Å². The van der Waals surface area contributed by atoms with E-state index in [0.29, 0.717) is 34.3 Å². The standard InChI is InChI=1S/C55H36N6/c1-6-18-37(19-7-1)42-30-32-45-44-28-16-17-29-49(44)61(51(45)35-42)50-33-31-43(54-56-47(38-20-8-2-9-21-38)36-48(57-54)39-22-10-3-11-23-39)34-46(50)55-59-52(40-24-12-4-13-25-40)58-53(60-55)41-26-14-5-15-27-41/h1-36H/i2D,8D,9D,20D,21D. The lowest BCUT2D eigenvalue weighted by Crippen LogP contribution is -2.04. The van der Waals surface area contributed by atoms with Crippen molar-refractivity contribution in [3.05, 3.63) is 218 Å². The highest BCUT2D eigenvalue weighted by atomic mass is 15.1. The molecule has 0 unspecified atom stereocenters. The van der Waals surface area contributed by atoms with Gasteiger partial charge < -0.3 is 4.57 Å². The highest BCUT2D eigenvalue weighted by molar-refractivity contribution is 6.10. The molecule has 0 bridgehead atoms. The molecule has 0 N–H and O–H groups in total. The zero-order chi connectivity index (χ0) is 44.9. The zero-order valence-corrected chi connectivity index (χ0v) is 32.6. The van der Waals surface area contributed by atoms with E-state index >= 15 is 0 Å².